The van der Waals surface area contributed by atoms with Crippen LogP contribution < -0.4 is 10.6 Å². The van der Waals surface area contributed by atoms with Crippen molar-refractivity contribution in [1.29, 1.82) is 0 Å². The van der Waals surface area contributed by atoms with Gasteiger partial charge in [-0.25, -0.2) is 0 Å². The van der Waals surface area contributed by atoms with Crippen LogP contribution in [0, 0.1) is 5.92 Å². The number of likely N-dealkylation sites (tertiary alicyclic amines) is 1. The molecule has 1 aliphatic heterocycles. The van der Waals surface area contributed by atoms with Crippen LogP contribution in [0.1, 0.15) is 12.0 Å². The molecule has 2 rings (SSSR count). The fourth-order valence-electron chi connectivity index (χ4n) is 2.76. The normalized spacial score (nSPS) is 19.1. The molecule has 0 aliphatic carbocycles. The van der Waals surface area contributed by atoms with Gasteiger partial charge in [0.1, 0.15) is 0 Å². The highest BCUT2D eigenvalue weighted by molar-refractivity contribution is 5.78. The Bertz CT molecular complexity index is 407. The first-order valence-corrected chi connectivity index (χ1v) is 7.45. The van der Waals surface area contributed by atoms with Crippen LogP contribution in [0.3, 0.4) is 0 Å². The smallest absolute Gasteiger partial charge is 0.234 e. The van der Waals surface area contributed by atoms with Crippen molar-refractivity contribution in [3.05, 3.63) is 35.9 Å². The number of carbonyl (C=O) groups is 1. The monoisotopic (exact) mass is 275 g/mol. The molecule has 1 heterocycles. The summed E-state index contributed by atoms with van der Waals surface area (Å²) in [6.07, 6.45) is 2.09. The number of nitrogens with zero attached hydrogens (tertiary/aromatic N) is 1. The predicted molar refractivity (Wildman–Crippen MR) is 81.6 cm³/mol. The van der Waals surface area contributed by atoms with Gasteiger partial charge in [0, 0.05) is 13.1 Å². The molecule has 1 saturated heterocycles. The average molecular weight is 275 g/mol. The summed E-state index contributed by atoms with van der Waals surface area (Å²) in [5.41, 5.74) is 1.27. The quantitative estimate of drug-likeness (QED) is 0.777. The Morgan fingerprint density at radius 2 is 2.15 bits per heavy atom. The van der Waals surface area contributed by atoms with E-state index in [0.717, 1.165) is 32.6 Å². The van der Waals surface area contributed by atoms with Gasteiger partial charge in [0.05, 0.1) is 6.54 Å². The molecule has 1 unspecified atom stereocenters. The minimum Gasteiger partial charge on any atom is -0.355 e. The van der Waals surface area contributed by atoms with Gasteiger partial charge in [-0.2, -0.15) is 0 Å². The van der Waals surface area contributed by atoms with Crippen molar-refractivity contribution in [3.8, 4) is 0 Å². The third kappa shape index (κ3) is 4.94. The van der Waals surface area contributed by atoms with Crippen LogP contribution >= 0.6 is 0 Å². The van der Waals surface area contributed by atoms with Crippen molar-refractivity contribution < 1.29 is 4.79 Å². The molecular formula is C16H25N3O. The van der Waals surface area contributed by atoms with Crippen molar-refractivity contribution in [2.45, 2.75) is 12.8 Å². The number of hydrogen-bond acceptors (Lipinski definition) is 3. The second-order valence-electron chi connectivity index (χ2n) is 5.53. The van der Waals surface area contributed by atoms with Crippen LogP contribution in [0.4, 0.5) is 0 Å². The number of nitrogens with one attached hydrogen (secondary N) is 2. The maximum Gasteiger partial charge on any atom is 0.234 e. The molecule has 0 spiro atoms. The lowest BCUT2D eigenvalue weighted by Gasteiger charge is -2.15. The minimum atomic E-state index is 0.144. The third-order valence-corrected chi connectivity index (χ3v) is 3.81. The van der Waals surface area contributed by atoms with Gasteiger partial charge in [-0.05, 0) is 44.5 Å². The van der Waals surface area contributed by atoms with Gasteiger partial charge in [-0.15, -0.1) is 0 Å². The van der Waals surface area contributed by atoms with Crippen LogP contribution in [-0.2, 0) is 11.2 Å². The summed E-state index contributed by atoms with van der Waals surface area (Å²) in [7, 11) is 1.99. The summed E-state index contributed by atoms with van der Waals surface area (Å²) < 4.78 is 0. The van der Waals surface area contributed by atoms with E-state index in [2.05, 4.69) is 27.7 Å². The first-order chi connectivity index (χ1) is 9.78. The minimum absolute atomic E-state index is 0.144. The molecule has 1 aromatic rings. The molecule has 2 N–H and O–H groups in total. The third-order valence-electron chi connectivity index (χ3n) is 3.81. The fourth-order valence-corrected chi connectivity index (χ4v) is 2.76. The van der Waals surface area contributed by atoms with Crippen molar-refractivity contribution in [2.75, 3.05) is 39.8 Å². The summed E-state index contributed by atoms with van der Waals surface area (Å²) in [6.45, 7) is 4.38. The summed E-state index contributed by atoms with van der Waals surface area (Å²) in [5.74, 6) is 0.836. The van der Waals surface area contributed by atoms with E-state index < -0.39 is 0 Å². The topological polar surface area (TPSA) is 44.4 Å². The maximum absolute atomic E-state index is 11.9. The van der Waals surface area contributed by atoms with E-state index in [-0.39, 0.29) is 5.91 Å². The Hall–Kier alpha value is -1.39. The predicted octanol–water partition coefficient (Wildman–Crippen LogP) is 0.887. The zero-order chi connectivity index (χ0) is 14.2. The van der Waals surface area contributed by atoms with Crippen molar-refractivity contribution >= 4 is 5.91 Å². The SMILES string of the molecule is CNCC1CCN(CC(=O)NCCc2ccccc2)C1. The van der Waals surface area contributed by atoms with E-state index in [1.54, 1.807) is 0 Å². The van der Waals surface area contributed by atoms with E-state index in [0.29, 0.717) is 12.5 Å². The van der Waals surface area contributed by atoms with Crippen LogP contribution in [-0.4, -0.2) is 50.6 Å². The second-order valence-corrected chi connectivity index (χ2v) is 5.53. The standard InChI is InChI=1S/C16H25N3O/c1-17-11-15-8-10-19(12-15)13-16(20)18-9-7-14-5-3-2-4-6-14/h2-6,15,17H,7-13H2,1H3,(H,18,20). The largest absolute Gasteiger partial charge is 0.355 e. The molecule has 0 aromatic heterocycles. The molecule has 1 aromatic carbocycles. The first kappa shape index (κ1) is 15.0. The second kappa shape index (κ2) is 8.02. The summed E-state index contributed by atoms with van der Waals surface area (Å²) >= 11 is 0. The Kier molecular flexibility index (Phi) is 6.02. The summed E-state index contributed by atoms with van der Waals surface area (Å²) in [5, 5.41) is 6.22. The Morgan fingerprint density at radius 1 is 1.35 bits per heavy atom. The van der Waals surface area contributed by atoms with E-state index in [4.69, 9.17) is 0 Å². The Morgan fingerprint density at radius 3 is 2.90 bits per heavy atom. The molecular weight excluding hydrogens is 250 g/mol. The summed E-state index contributed by atoms with van der Waals surface area (Å²) in [4.78, 5) is 14.1. The number of carbonyl (C=O) groups excluding carboxylic acids is 1. The van der Waals surface area contributed by atoms with Crippen molar-refractivity contribution in [1.82, 2.24) is 15.5 Å². The zero-order valence-corrected chi connectivity index (χ0v) is 12.3. The molecule has 0 radical (unpaired) electrons. The van der Waals surface area contributed by atoms with Crippen LogP contribution in [0.15, 0.2) is 30.3 Å². The van der Waals surface area contributed by atoms with Gasteiger partial charge in [0.15, 0.2) is 0 Å². The fraction of sp³-hybridized carbons (Fsp3) is 0.562. The highest BCUT2D eigenvalue weighted by Gasteiger charge is 2.23. The van der Waals surface area contributed by atoms with Gasteiger partial charge < -0.3 is 10.6 Å². The van der Waals surface area contributed by atoms with Gasteiger partial charge in [0.25, 0.3) is 0 Å². The number of rotatable bonds is 7. The van der Waals surface area contributed by atoms with E-state index >= 15 is 0 Å². The van der Waals surface area contributed by atoms with Gasteiger partial charge in [-0.3, -0.25) is 9.69 Å². The van der Waals surface area contributed by atoms with Crippen LogP contribution in [0.25, 0.3) is 0 Å². The van der Waals surface area contributed by atoms with Gasteiger partial charge in [0.2, 0.25) is 5.91 Å². The highest BCUT2D eigenvalue weighted by Crippen LogP contribution is 2.14. The Labute approximate surface area is 121 Å². The molecule has 1 aliphatic rings. The number of hydrogen-bond donors (Lipinski definition) is 2. The Balaban J connectivity index is 1.61. The zero-order valence-electron chi connectivity index (χ0n) is 12.3. The molecule has 1 fully saturated rings. The van der Waals surface area contributed by atoms with E-state index in [1.165, 1.54) is 12.0 Å². The molecule has 1 atom stereocenters. The molecule has 1 amide bonds. The number of amides is 1. The van der Waals surface area contributed by atoms with E-state index in [9.17, 15) is 4.79 Å². The maximum atomic E-state index is 11.9. The highest BCUT2D eigenvalue weighted by atomic mass is 16.2. The average Bonchev–Trinajstić information content (AvgIpc) is 2.88. The molecule has 110 valence electrons. The molecule has 4 heteroatoms. The first-order valence-electron chi connectivity index (χ1n) is 7.45. The summed E-state index contributed by atoms with van der Waals surface area (Å²) in [6, 6.07) is 10.3. The van der Waals surface area contributed by atoms with Crippen molar-refractivity contribution in [2.24, 2.45) is 5.92 Å². The molecule has 0 saturated carbocycles. The van der Waals surface area contributed by atoms with Gasteiger partial charge in [-0.1, -0.05) is 30.3 Å². The molecule has 20 heavy (non-hydrogen) atoms. The number of benzene rings is 1. The lowest BCUT2D eigenvalue weighted by atomic mass is 10.1. The van der Waals surface area contributed by atoms with Gasteiger partial charge >= 0.3 is 0 Å². The van der Waals surface area contributed by atoms with E-state index in [1.807, 2.05) is 25.2 Å². The molecule has 0 bridgehead atoms. The lowest BCUT2D eigenvalue weighted by Crippen LogP contribution is -2.37. The van der Waals surface area contributed by atoms with Crippen LogP contribution in [0.5, 0.6) is 0 Å². The molecule has 4 nitrogen and oxygen atoms in total. The lowest BCUT2D eigenvalue weighted by molar-refractivity contribution is -0.122. The van der Waals surface area contributed by atoms with Crippen molar-refractivity contribution in [3.63, 3.8) is 0 Å². The van der Waals surface area contributed by atoms with Crippen LogP contribution in [0.2, 0.25) is 0 Å².